The average molecular weight is 348 g/mol. The Bertz CT molecular complexity index is 795. The van der Waals surface area contributed by atoms with Gasteiger partial charge in [0, 0.05) is 5.56 Å². The van der Waals surface area contributed by atoms with Crippen LogP contribution in [-0.4, -0.2) is 5.52 Å². The van der Waals surface area contributed by atoms with Crippen LogP contribution in [0.2, 0.25) is 0 Å². The normalized spacial score (nSPS) is 10.0. The summed E-state index contributed by atoms with van der Waals surface area (Å²) in [6, 6.07) is 24.6. The fraction of sp³-hybridized carbons (Fsp3) is 0.136. The highest BCUT2D eigenvalue weighted by Gasteiger charge is 2.12. The largest absolute Gasteiger partial charge is 0.280 e. The lowest BCUT2D eigenvalue weighted by Crippen LogP contribution is -1.98. The Labute approximate surface area is 150 Å². The van der Waals surface area contributed by atoms with Gasteiger partial charge >= 0.3 is 0 Å². The number of hydrogen-bond donors (Lipinski definition) is 0. The molecule has 0 atom stereocenters. The molecule has 3 aromatic carbocycles. The van der Waals surface area contributed by atoms with Gasteiger partial charge in [0.2, 0.25) is 8.46 Å². The lowest BCUT2D eigenvalue weighted by molar-refractivity contribution is 0.108. The van der Waals surface area contributed by atoms with Gasteiger partial charge in [-0.1, -0.05) is 78.4 Å². The van der Waals surface area contributed by atoms with Crippen molar-refractivity contribution in [2.24, 2.45) is 0 Å². The molecule has 126 valence electrons. The summed E-state index contributed by atoms with van der Waals surface area (Å²) in [7, 11) is -0.434. The molecule has 0 saturated heterocycles. The molecule has 25 heavy (non-hydrogen) atoms. The predicted molar refractivity (Wildman–Crippen MR) is 104 cm³/mol. The van der Waals surface area contributed by atoms with Gasteiger partial charge in [-0.25, -0.2) is 0 Å². The van der Waals surface area contributed by atoms with Crippen LogP contribution in [0.4, 0.5) is 0 Å². The molecule has 3 aromatic rings. The highest BCUT2D eigenvalue weighted by Crippen LogP contribution is 2.20. The SMILES string of the molecule is Cc1cc(C)c(C(=O)P=O)c(C)c1.c1ccc(-c2ccccc2)cc1. The Morgan fingerprint density at radius 2 is 1.12 bits per heavy atom. The molecule has 0 aliphatic carbocycles. The number of hydrogen-bond acceptors (Lipinski definition) is 2. The van der Waals surface area contributed by atoms with E-state index < -0.39 is 8.46 Å². The first-order valence-corrected chi connectivity index (χ1v) is 8.90. The summed E-state index contributed by atoms with van der Waals surface area (Å²) < 4.78 is 10.4. The molecule has 0 unspecified atom stereocenters. The van der Waals surface area contributed by atoms with Crippen LogP contribution in [0.5, 0.6) is 0 Å². The zero-order chi connectivity index (χ0) is 18.2. The Morgan fingerprint density at radius 1 is 0.720 bits per heavy atom. The van der Waals surface area contributed by atoms with E-state index in [4.69, 9.17) is 0 Å². The Kier molecular flexibility index (Phi) is 6.80. The van der Waals surface area contributed by atoms with Crippen LogP contribution in [0.25, 0.3) is 11.1 Å². The molecule has 0 spiro atoms. The smallest absolute Gasteiger partial charge is 0.253 e. The summed E-state index contributed by atoms with van der Waals surface area (Å²) in [6.07, 6.45) is 0. The number of carbonyl (C=O) groups excluding carboxylic acids is 1. The second kappa shape index (κ2) is 9.05. The van der Waals surface area contributed by atoms with Crippen LogP contribution >= 0.6 is 8.46 Å². The minimum atomic E-state index is -0.434. The number of rotatable bonds is 3. The van der Waals surface area contributed by atoms with Gasteiger partial charge in [0.1, 0.15) is 0 Å². The standard InChI is InChI=1S/C12H10.C10H11O2P/c1-3-7-11(8-4-1)12-9-5-2-6-10-12;1-6-4-7(2)9(8(3)5-6)10(11)13-12/h1-10H;4-5H,1-3H3. The molecule has 0 bridgehead atoms. The number of aryl methyl sites for hydroxylation is 3. The van der Waals surface area contributed by atoms with Gasteiger partial charge in [-0.3, -0.25) is 9.36 Å². The van der Waals surface area contributed by atoms with Crippen molar-refractivity contribution in [1.29, 1.82) is 0 Å². The summed E-state index contributed by atoms with van der Waals surface area (Å²) in [5.74, 6) is 0. The minimum Gasteiger partial charge on any atom is -0.280 e. The zero-order valence-corrected chi connectivity index (χ0v) is 15.6. The first kappa shape index (κ1) is 18.8. The molecule has 0 aliphatic heterocycles. The van der Waals surface area contributed by atoms with Crippen LogP contribution in [0.3, 0.4) is 0 Å². The van der Waals surface area contributed by atoms with E-state index in [9.17, 15) is 9.36 Å². The molecule has 0 aliphatic rings. The van der Waals surface area contributed by atoms with Crippen molar-refractivity contribution in [2.75, 3.05) is 0 Å². The van der Waals surface area contributed by atoms with Crippen LogP contribution in [-0.2, 0) is 4.57 Å². The lowest BCUT2D eigenvalue weighted by Gasteiger charge is -2.06. The quantitative estimate of drug-likeness (QED) is 0.513. The molecule has 2 nitrogen and oxygen atoms in total. The van der Waals surface area contributed by atoms with Gasteiger partial charge in [-0.15, -0.1) is 0 Å². The highest BCUT2D eigenvalue weighted by atomic mass is 31.1. The van der Waals surface area contributed by atoms with Crippen molar-refractivity contribution in [3.05, 3.63) is 95.1 Å². The van der Waals surface area contributed by atoms with Crippen LogP contribution in [0.15, 0.2) is 72.8 Å². The third-order valence-electron chi connectivity index (χ3n) is 3.85. The summed E-state index contributed by atoms with van der Waals surface area (Å²) in [5, 5.41) is 0. The zero-order valence-electron chi connectivity index (χ0n) is 14.7. The maximum atomic E-state index is 11.2. The Morgan fingerprint density at radius 3 is 1.48 bits per heavy atom. The molecule has 0 amide bonds. The molecule has 3 heteroatoms. The number of benzene rings is 3. The molecule has 0 N–H and O–H groups in total. The van der Waals surface area contributed by atoms with Crippen molar-refractivity contribution in [3.8, 4) is 11.1 Å². The molecular formula is C22H21O2P. The summed E-state index contributed by atoms with van der Waals surface area (Å²) in [4.78, 5) is 11.2. The van der Waals surface area contributed by atoms with E-state index in [1.807, 2.05) is 45.0 Å². The Balaban J connectivity index is 0.000000181. The topological polar surface area (TPSA) is 34.1 Å². The second-order valence-electron chi connectivity index (χ2n) is 5.90. The first-order chi connectivity index (χ1) is 12.0. The molecule has 0 saturated carbocycles. The molecule has 0 fully saturated rings. The molecule has 0 aromatic heterocycles. The monoisotopic (exact) mass is 348 g/mol. The molecule has 0 heterocycles. The first-order valence-electron chi connectivity index (χ1n) is 8.09. The summed E-state index contributed by atoms with van der Waals surface area (Å²) in [6.45, 7) is 5.69. The van der Waals surface area contributed by atoms with Crippen molar-refractivity contribution >= 4 is 14.0 Å². The lowest BCUT2D eigenvalue weighted by atomic mass is 10.0. The molecule has 3 rings (SSSR count). The summed E-state index contributed by atoms with van der Waals surface area (Å²) in [5.41, 5.74) is 5.71. The van der Waals surface area contributed by atoms with Crippen molar-refractivity contribution in [2.45, 2.75) is 20.8 Å². The van der Waals surface area contributed by atoms with E-state index >= 15 is 0 Å². The van der Waals surface area contributed by atoms with E-state index in [0.29, 0.717) is 5.56 Å². The van der Waals surface area contributed by atoms with Crippen LogP contribution in [0.1, 0.15) is 27.0 Å². The molecule has 0 radical (unpaired) electrons. The highest BCUT2D eigenvalue weighted by molar-refractivity contribution is 7.47. The fourth-order valence-corrected chi connectivity index (χ4v) is 3.27. The van der Waals surface area contributed by atoms with Crippen LogP contribution < -0.4 is 0 Å². The van der Waals surface area contributed by atoms with Gasteiger partial charge in [-0.05, 0) is 43.0 Å². The van der Waals surface area contributed by atoms with E-state index in [2.05, 4.69) is 48.5 Å². The van der Waals surface area contributed by atoms with Gasteiger partial charge < -0.3 is 0 Å². The number of carbonyl (C=O) groups is 1. The third kappa shape index (κ3) is 5.20. The van der Waals surface area contributed by atoms with Gasteiger partial charge in [0.05, 0.1) is 0 Å². The van der Waals surface area contributed by atoms with Gasteiger partial charge in [0.25, 0.3) is 5.52 Å². The maximum absolute atomic E-state index is 11.2. The minimum absolute atomic E-state index is 0.338. The van der Waals surface area contributed by atoms with E-state index in [1.165, 1.54) is 11.1 Å². The predicted octanol–water partition coefficient (Wildman–Crippen LogP) is 6.40. The maximum Gasteiger partial charge on any atom is 0.253 e. The van der Waals surface area contributed by atoms with Crippen molar-refractivity contribution < 1.29 is 9.36 Å². The molecular weight excluding hydrogens is 327 g/mol. The van der Waals surface area contributed by atoms with E-state index in [1.54, 1.807) is 0 Å². The van der Waals surface area contributed by atoms with E-state index in [0.717, 1.165) is 16.7 Å². The summed E-state index contributed by atoms with van der Waals surface area (Å²) >= 11 is 0. The van der Waals surface area contributed by atoms with Crippen LogP contribution in [0, 0.1) is 20.8 Å². The second-order valence-corrected chi connectivity index (χ2v) is 6.49. The average Bonchev–Trinajstić information content (AvgIpc) is 2.63. The van der Waals surface area contributed by atoms with Gasteiger partial charge in [-0.2, -0.15) is 0 Å². The van der Waals surface area contributed by atoms with E-state index in [-0.39, 0.29) is 5.52 Å². The van der Waals surface area contributed by atoms with Crippen molar-refractivity contribution in [3.63, 3.8) is 0 Å². The van der Waals surface area contributed by atoms with Crippen molar-refractivity contribution in [1.82, 2.24) is 0 Å². The Hall–Kier alpha value is -2.57. The third-order valence-corrected chi connectivity index (χ3v) is 4.24. The van der Waals surface area contributed by atoms with Gasteiger partial charge in [0.15, 0.2) is 0 Å². The fourth-order valence-electron chi connectivity index (χ4n) is 2.82.